The SMILES string of the molecule is Cn1cccc1C1(C(=O)O)CC1(F)F. The Labute approximate surface area is 79.0 Å². The van der Waals surface area contributed by atoms with Crippen molar-refractivity contribution in [3.8, 4) is 0 Å². The fourth-order valence-corrected chi connectivity index (χ4v) is 1.81. The van der Waals surface area contributed by atoms with Crippen molar-refractivity contribution < 1.29 is 18.7 Å². The maximum atomic E-state index is 13.1. The summed E-state index contributed by atoms with van der Waals surface area (Å²) in [5.41, 5.74) is -1.83. The van der Waals surface area contributed by atoms with E-state index in [0.717, 1.165) is 0 Å². The standard InChI is InChI=1S/C9H9F2NO2/c1-12-4-2-3-6(12)8(7(13)14)5-9(8,10)11/h2-4H,5H2,1H3,(H,13,14). The van der Waals surface area contributed by atoms with Gasteiger partial charge in [-0.1, -0.05) is 0 Å². The number of rotatable bonds is 2. The maximum absolute atomic E-state index is 13.1. The van der Waals surface area contributed by atoms with Gasteiger partial charge in [0.2, 0.25) is 0 Å². The van der Waals surface area contributed by atoms with Crippen molar-refractivity contribution in [2.75, 3.05) is 0 Å². The summed E-state index contributed by atoms with van der Waals surface area (Å²) in [6.07, 6.45) is 0.960. The van der Waals surface area contributed by atoms with Gasteiger partial charge in [-0.15, -0.1) is 0 Å². The summed E-state index contributed by atoms with van der Waals surface area (Å²) in [5.74, 6) is -4.57. The number of halogens is 2. The highest BCUT2D eigenvalue weighted by molar-refractivity contribution is 5.87. The van der Waals surface area contributed by atoms with E-state index in [1.165, 1.54) is 10.6 Å². The van der Waals surface area contributed by atoms with E-state index < -0.39 is 23.7 Å². The highest BCUT2D eigenvalue weighted by atomic mass is 19.3. The van der Waals surface area contributed by atoms with Crippen LogP contribution in [0.5, 0.6) is 0 Å². The van der Waals surface area contributed by atoms with E-state index >= 15 is 0 Å². The summed E-state index contributed by atoms with van der Waals surface area (Å²) in [6.45, 7) is 0. The number of carbonyl (C=O) groups is 1. The topological polar surface area (TPSA) is 42.2 Å². The van der Waals surface area contributed by atoms with Crippen LogP contribution >= 0.6 is 0 Å². The van der Waals surface area contributed by atoms with E-state index in [1.54, 1.807) is 19.3 Å². The van der Waals surface area contributed by atoms with Crippen LogP contribution in [0.3, 0.4) is 0 Å². The number of alkyl halides is 2. The van der Waals surface area contributed by atoms with Gasteiger partial charge in [-0.2, -0.15) is 0 Å². The Bertz CT molecular complexity index is 399. The fourth-order valence-electron chi connectivity index (χ4n) is 1.81. The number of hydrogen-bond donors (Lipinski definition) is 1. The molecule has 0 bridgehead atoms. The second-order valence-corrected chi connectivity index (χ2v) is 3.60. The van der Waals surface area contributed by atoms with Gasteiger partial charge in [0.05, 0.1) is 0 Å². The fraction of sp³-hybridized carbons (Fsp3) is 0.444. The molecule has 0 aliphatic heterocycles. The first-order valence-electron chi connectivity index (χ1n) is 4.15. The van der Waals surface area contributed by atoms with Gasteiger partial charge in [0, 0.05) is 25.4 Å². The molecule has 76 valence electrons. The predicted molar refractivity (Wildman–Crippen MR) is 44.3 cm³/mol. The van der Waals surface area contributed by atoms with Gasteiger partial charge in [-0.3, -0.25) is 4.79 Å². The molecule has 5 heteroatoms. The lowest BCUT2D eigenvalue weighted by Crippen LogP contribution is -2.29. The van der Waals surface area contributed by atoms with E-state index in [1.807, 2.05) is 0 Å². The van der Waals surface area contributed by atoms with Crippen molar-refractivity contribution in [1.82, 2.24) is 4.57 Å². The van der Waals surface area contributed by atoms with Gasteiger partial charge in [0.25, 0.3) is 5.92 Å². The second-order valence-electron chi connectivity index (χ2n) is 3.60. The van der Waals surface area contributed by atoms with Gasteiger partial charge in [-0.05, 0) is 12.1 Å². The third-order valence-electron chi connectivity index (χ3n) is 2.73. The van der Waals surface area contributed by atoms with Gasteiger partial charge in [0.15, 0.2) is 5.41 Å². The average Bonchev–Trinajstić information content (AvgIpc) is 2.44. The monoisotopic (exact) mass is 201 g/mol. The Kier molecular flexibility index (Phi) is 1.54. The van der Waals surface area contributed by atoms with Gasteiger partial charge < -0.3 is 9.67 Å². The van der Waals surface area contributed by atoms with Crippen molar-refractivity contribution in [1.29, 1.82) is 0 Å². The molecule has 0 radical (unpaired) electrons. The average molecular weight is 201 g/mol. The van der Waals surface area contributed by atoms with Crippen LogP contribution in [0.1, 0.15) is 12.1 Å². The smallest absolute Gasteiger partial charge is 0.322 e. The first kappa shape index (κ1) is 9.18. The van der Waals surface area contributed by atoms with Crippen molar-refractivity contribution in [2.24, 2.45) is 7.05 Å². The Morgan fingerprint density at radius 1 is 1.64 bits per heavy atom. The number of carboxylic acid groups (broad SMARTS) is 1. The molecule has 0 amide bonds. The minimum Gasteiger partial charge on any atom is -0.480 e. The number of aliphatic carboxylic acids is 1. The molecular formula is C9H9F2NO2. The lowest BCUT2D eigenvalue weighted by atomic mass is 10.0. The van der Waals surface area contributed by atoms with E-state index in [9.17, 15) is 13.6 Å². The Hall–Kier alpha value is -1.39. The van der Waals surface area contributed by atoms with E-state index in [4.69, 9.17) is 5.11 Å². The lowest BCUT2D eigenvalue weighted by molar-refractivity contribution is -0.143. The zero-order valence-electron chi connectivity index (χ0n) is 7.50. The number of carboxylic acids is 1. The molecule has 2 rings (SSSR count). The molecule has 14 heavy (non-hydrogen) atoms. The first-order valence-corrected chi connectivity index (χ1v) is 4.15. The van der Waals surface area contributed by atoms with E-state index in [0.29, 0.717) is 0 Å². The second kappa shape index (κ2) is 2.34. The molecule has 1 aliphatic carbocycles. The summed E-state index contributed by atoms with van der Waals surface area (Å²) < 4.78 is 27.5. The third kappa shape index (κ3) is 0.867. The van der Waals surface area contributed by atoms with Crippen LogP contribution in [0.2, 0.25) is 0 Å². The van der Waals surface area contributed by atoms with Crippen LogP contribution in [0.4, 0.5) is 8.78 Å². The predicted octanol–water partition coefficient (Wildman–Crippen LogP) is 1.39. The third-order valence-corrected chi connectivity index (χ3v) is 2.73. The van der Waals surface area contributed by atoms with Crippen LogP contribution in [0.25, 0.3) is 0 Å². The Morgan fingerprint density at radius 2 is 2.21 bits per heavy atom. The Morgan fingerprint density at radius 3 is 2.50 bits per heavy atom. The summed E-state index contributed by atoms with van der Waals surface area (Å²) >= 11 is 0. The summed E-state index contributed by atoms with van der Waals surface area (Å²) in [4.78, 5) is 10.9. The first-order chi connectivity index (χ1) is 6.42. The minimum absolute atomic E-state index is 0.162. The van der Waals surface area contributed by atoms with Crippen molar-refractivity contribution in [3.63, 3.8) is 0 Å². The Balaban J connectivity index is 2.52. The van der Waals surface area contributed by atoms with Crippen LogP contribution in [0.15, 0.2) is 18.3 Å². The van der Waals surface area contributed by atoms with Gasteiger partial charge >= 0.3 is 5.97 Å². The minimum atomic E-state index is -3.12. The zero-order valence-corrected chi connectivity index (χ0v) is 7.50. The van der Waals surface area contributed by atoms with Crippen LogP contribution in [-0.4, -0.2) is 21.6 Å². The van der Waals surface area contributed by atoms with Gasteiger partial charge in [-0.25, -0.2) is 8.78 Å². The largest absolute Gasteiger partial charge is 0.480 e. The quantitative estimate of drug-likeness (QED) is 0.785. The maximum Gasteiger partial charge on any atom is 0.322 e. The summed E-state index contributed by atoms with van der Waals surface area (Å²) in [6, 6.07) is 2.99. The molecule has 1 saturated carbocycles. The molecule has 3 nitrogen and oxygen atoms in total. The lowest BCUT2D eigenvalue weighted by Gasteiger charge is -2.12. The van der Waals surface area contributed by atoms with Crippen molar-refractivity contribution in [3.05, 3.63) is 24.0 Å². The molecule has 0 aromatic carbocycles. The molecular weight excluding hydrogens is 192 g/mol. The molecule has 0 spiro atoms. The van der Waals surface area contributed by atoms with Crippen LogP contribution in [-0.2, 0) is 17.3 Å². The molecule has 1 unspecified atom stereocenters. The molecule has 1 heterocycles. The van der Waals surface area contributed by atoms with E-state index in [2.05, 4.69) is 0 Å². The normalized spacial score (nSPS) is 28.8. The highest BCUT2D eigenvalue weighted by Gasteiger charge is 2.78. The molecule has 1 fully saturated rings. The summed E-state index contributed by atoms with van der Waals surface area (Å²) in [7, 11) is 1.56. The molecule has 1 aliphatic rings. The van der Waals surface area contributed by atoms with Crippen LogP contribution in [0, 0.1) is 0 Å². The zero-order chi connectivity index (χ0) is 10.6. The molecule has 1 aromatic heterocycles. The number of aromatic nitrogens is 1. The van der Waals surface area contributed by atoms with E-state index in [-0.39, 0.29) is 5.69 Å². The summed E-state index contributed by atoms with van der Waals surface area (Å²) in [5, 5.41) is 8.84. The molecule has 1 aromatic rings. The van der Waals surface area contributed by atoms with Gasteiger partial charge in [0.1, 0.15) is 0 Å². The van der Waals surface area contributed by atoms with Crippen molar-refractivity contribution >= 4 is 5.97 Å². The molecule has 1 atom stereocenters. The number of hydrogen-bond acceptors (Lipinski definition) is 1. The number of aryl methyl sites for hydroxylation is 1. The molecule has 0 saturated heterocycles. The number of nitrogens with zero attached hydrogens (tertiary/aromatic N) is 1. The van der Waals surface area contributed by atoms with Crippen molar-refractivity contribution in [2.45, 2.75) is 17.8 Å². The van der Waals surface area contributed by atoms with Crippen LogP contribution < -0.4 is 0 Å². The highest BCUT2D eigenvalue weighted by Crippen LogP contribution is 2.61. The molecule has 1 N–H and O–H groups in total.